The fraction of sp³-hybridized carbons (Fsp3) is 0.625. The molecule has 0 aliphatic carbocycles. The quantitative estimate of drug-likeness (QED) is 0.679. The van der Waals surface area contributed by atoms with E-state index in [1.165, 1.54) is 0 Å². The summed E-state index contributed by atoms with van der Waals surface area (Å²) in [5, 5.41) is 23.1. The molecule has 0 bridgehead atoms. The van der Waals surface area contributed by atoms with Gasteiger partial charge in [-0.15, -0.1) is 0 Å². The highest BCUT2D eigenvalue weighted by atomic mass is 16.5. The summed E-state index contributed by atoms with van der Waals surface area (Å²) in [6.45, 7) is 8.45. The molecular weight excluding hydrogens is 254 g/mol. The van der Waals surface area contributed by atoms with E-state index in [0.29, 0.717) is 13.2 Å². The normalized spacial score (nSPS) is 14.3. The Morgan fingerprint density at radius 2 is 1.75 bits per heavy atom. The molecule has 1 atom stereocenters. The summed E-state index contributed by atoms with van der Waals surface area (Å²) >= 11 is 0. The number of benzene rings is 1. The van der Waals surface area contributed by atoms with Crippen LogP contribution in [0.4, 0.5) is 0 Å². The van der Waals surface area contributed by atoms with Gasteiger partial charge < -0.3 is 20.3 Å². The van der Waals surface area contributed by atoms with Crippen LogP contribution < -0.4 is 5.32 Å². The van der Waals surface area contributed by atoms with Crippen molar-refractivity contribution in [2.75, 3.05) is 13.2 Å². The second-order valence-electron chi connectivity index (χ2n) is 6.22. The van der Waals surface area contributed by atoms with E-state index in [-0.39, 0.29) is 6.61 Å². The third-order valence-corrected chi connectivity index (χ3v) is 3.73. The summed E-state index contributed by atoms with van der Waals surface area (Å²) in [6, 6.07) is 9.86. The molecule has 114 valence electrons. The van der Waals surface area contributed by atoms with E-state index in [1.807, 2.05) is 44.2 Å². The summed E-state index contributed by atoms with van der Waals surface area (Å²) in [5.41, 5.74) is -0.255. The second kappa shape index (κ2) is 7.18. The average Bonchev–Trinajstić information content (AvgIpc) is 2.36. The third-order valence-electron chi connectivity index (χ3n) is 3.73. The highest BCUT2D eigenvalue weighted by molar-refractivity contribution is 5.13. The minimum absolute atomic E-state index is 0.268. The first kappa shape index (κ1) is 17.1. The molecule has 4 nitrogen and oxygen atoms in total. The van der Waals surface area contributed by atoms with Crippen molar-refractivity contribution in [3.8, 4) is 0 Å². The Hall–Kier alpha value is -0.940. The molecule has 0 saturated carbocycles. The highest BCUT2D eigenvalue weighted by Gasteiger charge is 2.34. The average molecular weight is 281 g/mol. The van der Waals surface area contributed by atoms with Gasteiger partial charge in [0.15, 0.2) is 0 Å². The van der Waals surface area contributed by atoms with Crippen LogP contribution in [0.3, 0.4) is 0 Å². The van der Waals surface area contributed by atoms with Crippen LogP contribution in [0.2, 0.25) is 0 Å². The number of β-amino-alcohol motifs (C(OH)–C–C–N with tert-alkyl or cyclic N) is 1. The molecule has 1 aromatic rings. The summed E-state index contributed by atoms with van der Waals surface area (Å²) in [6.07, 6.45) is -0.597. The molecule has 0 saturated heterocycles. The minimum atomic E-state index is -0.863. The van der Waals surface area contributed by atoms with E-state index in [4.69, 9.17) is 4.74 Å². The van der Waals surface area contributed by atoms with E-state index >= 15 is 0 Å². The van der Waals surface area contributed by atoms with Gasteiger partial charge in [0.1, 0.15) is 0 Å². The lowest BCUT2D eigenvalue weighted by Gasteiger charge is -2.38. The molecule has 1 unspecified atom stereocenters. The first-order valence-electron chi connectivity index (χ1n) is 6.99. The number of nitrogens with one attached hydrogen (secondary N) is 1. The van der Waals surface area contributed by atoms with Gasteiger partial charge in [-0.05, 0) is 33.3 Å². The van der Waals surface area contributed by atoms with Gasteiger partial charge in [-0.25, -0.2) is 0 Å². The van der Waals surface area contributed by atoms with Gasteiger partial charge in [-0.2, -0.15) is 0 Å². The molecule has 0 aliphatic heterocycles. The van der Waals surface area contributed by atoms with E-state index in [9.17, 15) is 10.2 Å². The zero-order valence-electron chi connectivity index (χ0n) is 12.9. The molecule has 0 heterocycles. The van der Waals surface area contributed by atoms with E-state index < -0.39 is 17.2 Å². The zero-order valence-corrected chi connectivity index (χ0v) is 12.9. The fourth-order valence-corrected chi connectivity index (χ4v) is 1.54. The van der Waals surface area contributed by atoms with Crippen LogP contribution in [-0.2, 0) is 11.3 Å². The Balaban J connectivity index is 2.26. The van der Waals surface area contributed by atoms with Crippen molar-refractivity contribution in [3.63, 3.8) is 0 Å². The molecule has 3 N–H and O–H groups in total. The van der Waals surface area contributed by atoms with Crippen molar-refractivity contribution in [1.29, 1.82) is 0 Å². The van der Waals surface area contributed by atoms with Crippen molar-refractivity contribution in [2.24, 2.45) is 0 Å². The van der Waals surface area contributed by atoms with Gasteiger partial charge in [0, 0.05) is 12.1 Å². The summed E-state index contributed by atoms with van der Waals surface area (Å²) in [5.74, 6) is 0. The maximum atomic E-state index is 10.0. The largest absolute Gasteiger partial charge is 0.389 e. The van der Waals surface area contributed by atoms with Gasteiger partial charge in [-0.1, -0.05) is 30.3 Å². The molecule has 0 fully saturated rings. The number of rotatable bonds is 8. The molecule has 0 amide bonds. The Morgan fingerprint density at radius 3 is 2.30 bits per heavy atom. The molecule has 20 heavy (non-hydrogen) atoms. The number of hydrogen-bond acceptors (Lipinski definition) is 4. The predicted molar refractivity (Wildman–Crippen MR) is 80.5 cm³/mol. The SMILES string of the molecule is CC(C)(O)C(C)(C)NCC(O)COCc1ccccc1. The maximum Gasteiger partial charge on any atom is 0.0898 e. The van der Waals surface area contributed by atoms with Gasteiger partial charge in [0.05, 0.1) is 24.9 Å². The molecule has 0 spiro atoms. The van der Waals surface area contributed by atoms with Crippen LogP contribution in [0.25, 0.3) is 0 Å². The number of aliphatic hydroxyl groups is 2. The molecule has 0 aromatic heterocycles. The fourth-order valence-electron chi connectivity index (χ4n) is 1.54. The Morgan fingerprint density at radius 1 is 1.15 bits per heavy atom. The van der Waals surface area contributed by atoms with Crippen LogP contribution in [0.5, 0.6) is 0 Å². The van der Waals surface area contributed by atoms with Crippen LogP contribution >= 0.6 is 0 Å². The monoisotopic (exact) mass is 281 g/mol. The van der Waals surface area contributed by atoms with Crippen LogP contribution in [-0.4, -0.2) is 40.6 Å². The standard InChI is InChI=1S/C16H27NO3/c1-15(2,16(3,4)19)17-10-14(18)12-20-11-13-8-6-5-7-9-13/h5-9,14,17-19H,10-12H2,1-4H3. The predicted octanol–water partition coefficient (Wildman–Crippen LogP) is 1.70. The lowest BCUT2D eigenvalue weighted by molar-refractivity contribution is -0.0190. The summed E-state index contributed by atoms with van der Waals surface area (Å²) in [7, 11) is 0. The van der Waals surface area contributed by atoms with Crippen molar-refractivity contribution in [1.82, 2.24) is 5.32 Å². The van der Waals surface area contributed by atoms with Gasteiger partial charge >= 0.3 is 0 Å². The summed E-state index contributed by atoms with van der Waals surface area (Å²) < 4.78 is 5.48. The lowest BCUT2D eigenvalue weighted by atomic mass is 9.86. The maximum absolute atomic E-state index is 10.0. The zero-order chi connectivity index (χ0) is 15.2. The molecular formula is C16H27NO3. The Bertz CT molecular complexity index is 384. The van der Waals surface area contributed by atoms with Crippen molar-refractivity contribution < 1.29 is 14.9 Å². The summed E-state index contributed by atoms with van der Waals surface area (Å²) in [4.78, 5) is 0. The molecule has 1 rings (SSSR count). The van der Waals surface area contributed by atoms with Crippen molar-refractivity contribution in [3.05, 3.63) is 35.9 Å². The molecule has 4 heteroatoms. The van der Waals surface area contributed by atoms with Gasteiger partial charge in [-0.3, -0.25) is 0 Å². The van der Waals surface area contributed by atoms with Crippen molar-refractivity contribution in [2.45, 2.75) is 51.5 Å². The molecule has 1 aromatic carbocycles. The smallest absolute Gasteiger partial charge is 0.0898 e. The molecule has 0 aliphatic rings. The van der Waals surface area contributed by atoms with E-state index in [2.05, 4.69) is 5.32 Å². The molecule has 0 radical (unpaired) electrons. The topological polar surface area (TPSA) is 61.7 Å². The first-order chi connectivity index (χ1) is 9.22. The Kier molecular flexibility index (Phi) is 6.14. The van der Waals surface area contributed by atoms with Gasteiger partial charge in [0.25, 0.3) is 0 Å². The number of ether oxygens (including phenoxy) is 1. The van der Waals surface area contributed by atoms with Crippen LogP contribution in [0, 0.1) is 0 Å². The lowest BCUT2D eigenvalue weighted by Crippen LogP contribution is -2.57. The van der Waals surface area contributed by atoms with Gasteiger partial charge in [0.2, 0.25) is 0 Å². The van der Waals surface area contributed by atoms with E-state index in [0.717, 1.165) is 5.56 Å². The minimum Gasteiger partial charge on any atom is -0.389 e. The van der Waals surface area contributed by atoms with Crippen molar-refractivity contribution >= 4 is 0 Å². The van der Waals surface area contributed by atoms with E-state index in [1.54, 1.807) is 13.8 Å². The second-order valence-corrected chi connectivity index (χ2v) is 6.22. The highest BCUT2D eigenvalue weighted by Crippen LogP contribution is 2.20. The first-order valence-corrected chi connectivity index (χ1v) is 6.99. The van der Waals surface area contributed by atoms with Crippen LogP contribution in [0.1, 0.15) is 33.3 Å². The Labute approximate surface area is 121 Å². The van der Waals surface area contributed by atoms with Crippen LogP contribution in [0.15, 0.2) is 30.3 Å². The third kappa shape index (κ3) is 5.59. The number of aliphatic hydroxyl groups excluding tert-OH is 1. The number of hydrogen-bond donors (Lipinski definition) is 3.